The smallest absolute Gasteiger partial charge is 0.236 e. The molecule has 1 fully saturated rings. The first-order valence-corrected chi connectivity index (χ1v) is 8.20. The van der Waals surface area contributed by atoms with E-state index in [0.29, 0.717) is 18.5 Å². The third kappa shape index (κ3) is 3.83. The maximum atomic E-state index is 11.9. The van der Waals surface area contributed by atoms with Gasteiger partial charge in [-0.2, -0.15) is 0 Å². The molecular weight excluding hydrogens is 316 g/mol. The molecule has 1 aromatic carbocycles. The highest BCUT2D eigenvalue weighted by Crippen LogP contribution is 2.37. The molecule has 0 heterocycles. The van der Waals surface area contributed by atoms with Crippen LogP contribution in [0.5, 0.6) is 0 Å². The normalized spacial score (nSPS) is 21.4. The zero-order valence-electron chi connectivity index (χ0n) is 12.2. The van der Waals surface area contributed by atoms with Gasteiger partial charge >= 0.3 is 0 Å². The lowest BCUT2D eigenvalue weighted by Gasteiger charge is -2.36. The van der Waals surface area contributed by atoms with Crippen LogP contribution < -0.4 is 5.32 Å². The van der Waals surface area contributed by atoms with Crippen molar-refractivity contribution in [3.63, 3.8) is 0 Å². The van der Waals surface area contributed by atoms with Crippen LogP contribution >= 0.6 is 15.9 Å². The lowest BCUT2D eigenvalue weighted by atomic mass is 9.76. The second-order valence-electron chi connectivity index (χ2n) is 5.36. The fourth-order valence-electron chi connectivity index (χ4n) is 2.71. The van der Waals surface area contributed by atoms with Gasteiger partial charge in [0.25, 0.3) is 0 Å². The molecule has 2 rings (SSSR count). The van der Waals surface area contributed by atoms with Crippen LogP contribution in [0, 0.1) is 0 Å². The molecule has 0 aromatic heterocycles. The van der Waals surface area contributed by atoms with Gasteiger partial charge in [-0.1, -0.05) is 28.1 Å². The van der Waals surface area contributed by atoms with Gasteiger partial charge in [-0.3, -0.25) is 4.79 Å². The molecule has 110 valence electrons. The number of carbonyl (C=O) groups is 1. The molecule has 0 radical (unpaired) electrons. The number of carbonyl (C=O) groups excluding carboxylic acids is 1. The van der Waals surface area contributed by atoms with Crippen LogP contribution in [0.25, 0.3) is 0 Å². The molecule has 1 N–H and O–H groups in total. The van der Waals surface area contributed by atoms with E-state index in [2.05, 4.69) is 45.5 Å². The lowest BCUT2D eigenvalue weighted by molar-refractivity contribution is -0.130. The number of halogens is 1. The Labute approximate surface area is 129 Å². The maximum Gasteiger partial charge on any atom is 0.236 e. The zero-order valence-corrected chi connectivity index (χ0v) is 13.8. The summed E-state index contributed by atoms with van der Waals surface area (Å²) in [6, 6.07) is 9.06. The Balaban J connectivity index is 1.72. The summed E-state index contributed by atoms with van der Waals surface area (Å²) in [4.78, 5) is 13.8. The molecule has 4 heteroatoms. The van der Waals surface area contributed by atoms with Crippen molar-refractivity contribution in [3.8, 4) is 0 Å². The fraction of sp³-hybridized carbons (Fsp3) is 0.562. The van der Waals surface area contributed by atoms with Crippen molar-refractivity contribution in [2.75, 3.05) is 19.6 Å². The molecule has 3 nitrogen and oxygen atoms in total. The van der Waals surface area contributed by atoms with Gasteiger partial charge in [0.05, 0.1) is 6.54 Å². The van der Waals surface area contributed by atoms with E-state index in [0.717, 1.165) is 30.4 Å². The first-order chi connectivity index (χ1) is 9.63. The summed E-state index contributed by atoms with van der Waals surface area (Å²) in [6.07, 6.45) is 2.26. The summed E-state index contributed by atoms with van der Waals surface area (Å²) in [5.74, 6) is 0.853. The predicted molar refractivity (Wildman–Crippen MR) is 85.8 cm³/mol. The van der Waals surface area contributed by atoms with Gasteiger partial charge in [0, 0.05) is 23.6 Å². The summed E-state index contributed by atoms with van der Waals surface area (Å²) in [5, 5.41) is 3.38. The fourth-order valence-corrected chi connectivity index (χ4v) is 2.98. The number of likely N-dealkylation sites (N-methyl/N-ethyl adjacent to an activating group) is 1. The number of amides is 1. The van der Waals surface area contributed by atoms with Crippen LogP contribution in [0.1, 0.15) is 38.2 Å². The number of hydrogen-bond donors (Lipinski definition) is 1. The Morgan fingerprint density at radius 2 is 1.85 bits per heavy atom. The minimum absolute atomic E-state index is 0.210. The monoisotopic (exact) mass is 338 g/mol. The first-order valence-electron chi connectivity index (χ1n) is 7.40. The van der Waals surface area contributed by atoms with Crippen LogP contribution in [0.15, 0.2) is 28.7 Å². The van der Waals surface area contributed by atoms with E-state index in [1.807, 2.05) is 18.7 Å². The Hall–Kier alpha value is -0.870. The van der Waals surface area contributed by atoms with Crippen molar-refractivity contribution in [1.82, 2.24) is 10.2 Å². The number of hydrogen-bond acceptors (Lipinski definition) is 2. The third-order valence-electron chi connectivity index (χ3n) is 4.14. The molecule has 0 saturated heterocycles. The molecule has 0 spiro atoms. The van der Waals surface area contributed by atoms with Crippen LogP contribution in [-0.4, -0.2) is 36.5 Å². The summed E-state index contributed by atoms with van der Waals surface area (Å²) in [5.41, 5.74) is 1.40. The Morgan fingerprint density at radius 3 is 2.40 bits per heavy atom. The minimum atomic E-state index is 0.210. The van der Waals surface area contributed by atoms with E-state index in [4.69, 9.17) is 0 Å². The Kier molecular flexibility index (Phi) is 5.61. The predicted octanol–water partition coefficient (Wildman–Crippen LogP) is 3.15. The van der Waals surface area contributed by atoms with E-state index in [1.165, 1.54) is 5.56 Å². The Bertz CT molecular complexity index is 436. The standard InChI is InChI=1S/C16H23BrN2O/c1-3-19(4-2)16(20)11-18-15-9-13(10-15)12-5-7-14(17)8-6-12/h5-8,13,15,18H,3-4,9-11H2,1-2H3. The summed E-state index contributed by atoms with van der Waals surface area (Å²) in [6.45, 7) is 6.11. The van der Waals surface area contributed by atoms with Gasteiger partial charge in [-0.05, 0) is 50.3 Å². The number of rotatable bonds is 6. The molecule has 0 bridgehead atoms. The van der Waals surface area contributed by atoms with Gasteiger partial charge < -0.3 is 10.2 Å². The molecule has 1 saturated carbocycles. The van der Waals surface area contributed by atoms with E-state index < -0.39 is 0 Å². The van der Waals surface area contributed by atoms with Gasteiger partial charge in [-0.25, -0.2) is 0 Å². The maximum absolute atomic E-state index is 11.9. The molecule has 0 atom stereocenters. The van der Waals surface area contributed by atoms with Crippen molar-refractivity contribution >= 4 is 21.8 Å². The molecule has 1 aromatic rings. The number of nitrogens with zero attached hydrogens (tertiary/aromatic N) is 1. The van der Waals surface area contributed by atoms with Crippen LogP contribution in [0.3, 0.4) is 0 Å². The summed E-state index contributed by atoms with van der Waals surface area (Å²) >= 11 is 3.46. The van der Waals surface area contributed by atoms with E-state index in [9.17, 15) is 4.79 Å². The zero-order chi connectivity index (χ0) is 14.5. The molecule has 0 aliphatic heterocycles. The van der Waals surface area contributed by atoms with E-state index in [1.54, 1.807) is 0 Å². The highest BCUT2D eigenvalue weighted by molar-refractivity contribution is 9.10. The SMILES string of the molecule is CCN(CC)C(=O)CNC1CC(c2ccc(Br)cc2)C1. The first kappa shape index (κ1) is 15.5. The van der Waals surface area contributed by atoms with Gasteiger partial charge in [0.15, 0.2) is 0 Å². The quantitative estimate of drug-likeness (QED) is 0.864. The highest BCUT2D eigenvalue weighted by atomic mass is 79.9. The average Bonchev–Trinajstić information content (AvgIpc) is 2.40. The second-order valence-corrected chi connectivity index (χ2v) is 6.28. The summed E-state index contributed by atoms with van der Waals surface area (Å²) < 4.78 is 1.13. The van der Waals surface area contributed by atoms with Crippen molar-refractivity contribution in [1.29, 1.82) is 0 Å². The molecule has 0 unspecified atom stereocenters. The lowest BCUT2D eigenvalue weighted by Crippen LogP contribution is -2.46. The number of nitrogens with one attached hydrogen (secondary N) is 1. The van der Waals surface area contributed by atoms with Crippen molar-refractivity contribution < 1.29 is 4.79 Å². The van der Waals surface area contributed by atoms with Crippen molar-refractivity contribution in [3.05, 3.63) is 34.3 Å². The number of benzene rings is 1. The van der Waals surface area contributed by atoms with Crippen molar-refractivity contribution in [2.24, 2.45) is 0 Å². The van der Waals surface area contributed by atoms with Crippen LogP contribution in [-0.2, 0) is 4.79 Å². The molecule has 1 aliphatic rings. The molecule has 1 amide bonds. The summed E-state index contributed by atoms with van der Waals surface area (Å²) in [7, 11) is 0. The third-order valence-corrected chi connectivity index (χ3v) is 4.67. The average molecular weight is 339 g/mol. The Morgan fingerprint density at radius 1 is 1.25 bits per heavy atom. The van der Waals surface area contributed by atoms with Gasteiger partial charge in [0.1, 0.15) is 0 Å². The van der Waals surface area contributed by atoms with E-state index in [-0.39, 0.29) is 5.91 Å². The highest BCUT2D eigenvalue weighted by Gasteiger charge is 2.30. The topological polar surface area (TPSA) is 32.3 Å². The molecular formula is C16H23BrN2O. The van der Waals surface area contributed by atoms with Crippen LogP contribution in [0.2, 0.25) is 0 Å². The largest absolute Gasteiger partial charge is 0.342 e. The van der Waals surface area contributed by atoms with Crippen molar-refractivity contribution in [2.45, 2.75) is 38.6 Å². The molecule has 20 heavy (non-hydrogen) atoms. The second kappa shape index (κ2) is 7.23. The van der Waals surface area contributed by atoms with E-state index >= 15 is 0 Å². The van der Waals surface area contributed by atoms with Gasteiger partial charge in [0.2, 0.25) is 5.91 Å². The van der Waals surface area contributed by atoms with Crippen LogP contribution in [0.4, 0.5) is 0 Å². The molecule has 1 aliphatic carbocycles. The van der Waals surface area contributed by atoms with Gasteiger partial charge in [-0.15, -0.1) is 0 Å². The minimum Gasteiger partial charge on any atom is -0.342 e.